The summed E-state index contributed by atoms with van der Waals surface area (Å²) < 4.78 is 5.70. The maximum absolute atomic E-state index is 12.5. The summed E-state index contributed by atoms with van der Waals surface area (Å²) in [5.74, 6) is 1.19. The first-order valence-corrected chi connectivity index (χ1v) is 10.7. The van der Waals surface area contributed by atoms with Crippen LogP contribution in [-0.4, -0.2) is 79.1 Å². The minimum atomic E-state index is 0.298. The largest absolute Gasteiger partial charge is 0.377 e. The van der Waals surface area contributed by atoms with Crippen LogP contribution in [0.2, 0.25) is 0 Å². The molecule has 0 N–H and O–H groups in total. The number of piperazine rings is 1. The molecule has 2 bridgehead atoms. The van der Waals surface area contributed by atoms with Gasteiger partial charge in [0.1, 0.15) is 0 Å². The van der Waals surface area contributed by atoms with Gasteiger partial charge in [-0.05, 0) is 43.8 Å². The van der Waals surface area contributed by atoms with Crippen molar-refractivity contribution in [1.29, 1.82) is 0 Å². The minimum absolute atomic E-state index is 0.298. The Morgan fingerprint density at radius 2 is 1.74 bits per heavy atom. The Labute approximate surface area is 163 Å². The summed E-state index contributed by atoms with van der Waals surface area (Å²) in [5, 5.41) is 0. The van der Waals surface area contributed by atoms with Crippen molar-refractivity contribution < 1.29 is 9.53 Å². The van der Waals surface area contributed by atoms with Crippen molar-refractivity contribution in [2.75, 3.05) is 52.4 Å². The SMILES string of the molecule is O=C(CCCOCc1ccccc1)N1CCN([C@H]2CN3CCC2CC3)CC1. The van der Waals surface area contributed by atoms with Gasteiger partial charge in [0.15, 0.2) is 0 Å². The van der Waals surface area contributed by atoms with Gasteiger partial charge in [0.05, 0.1) is 6.61 Å². The molecular weight excluding hydrogens is 338 g/mol. The molecule has 4 aliphatic rings. The molecule has 1 atom stereocenters. The van der Waals surface area contributed by atoms with Crippen molar-refractivity contribution in [3.63, 3.8) is 0 Å². The zero-order chi connectivity index (χ0) is 18.5. The number of benzene rings is 1. The Hall–Kier alpha value is -1.43. The zero-order valence-corrected chi connectivity index (χ0v) is 16.4. The van der Waals surface area contributed by atoms with Crippen LogP contribution in [0.4, 0.5) is 0 Å². The molecule has 0 saturated carbocycles. The maximum Gasteiger partial charge on any atom is 0.222 e. The third-order valence-corrected chi connectivity index (χ3v) is 6.55. The summed E-state index contributed by atoms with van der Waals surface area (Å²) >= 11 is 0. The lowest BCUT2D eigenvalue weighted by atomic mass is 9.83. The fourth-order valence-corrected chi connectivity index (χ4v) is 4.90. The van der Waals surface area contributed by atoms with E-state index in [1.165, 1.54) is 38.0 Å². The second kappa shape index (κ2) is 9.18. The number of carbonyl (C=O) groups is 1. The molecule has 5 nitrogen and oxygen atoms in total. The van der Waals surface area contributed by atoms with Gasteiger partial charge in [-0.3, -0.25) is 9.69 Å². The molecule has 4 saturated heterocycles. The number of fused-ring (bicyclic) bond motifs is 3. The maximum atomic E-state index is 12.5. The first-order chi connectivity index (χ1) is 13.3. The summed E-state index contributed by atoms with van der Waals surface area (Å²) in [6.07, 6.45) is 4.15. The Morgan fingerprint density at radius 3 is 2.41 bits per heavy atom. The molecule has 5 heteroatoms. The van der Waals surface area contributed by atoms with Crippen LogP contribution in [0.5, 0.6) is 0 Å². The van der Waals surface area contributed by atoms with Crippen LogP contribution < -0.4 is 0 Å². The number of hydrogen-bond acceptors (Lipinski definition) is 4. The first kappa shape index (κ1) is 18.9. The number of amides is 1. The fourth-order valence-electron chi connectivity index (χ4n) is 4.90. The monoisotopic (exact) mass is 371 g/mol. The zero-order valence-electron chi connectivity index (χ0n) is 16.4. The van der Waals surface area contributed by atoms with E-state index in [0.29, 0.717) is 25.5 Å². The topological polar surface area (TPSA) is 36.0 Å². The van der Waals surface area contributed by atoms with E-state index >= 15 is 0 Å². The highest BCUT2D eigenvalue weighted by Crippen LogP contribution is 2.31. The van der Waals surface area contributed by atoms with E-state index in [9.17, 15) is 4.79 Å². The Morgan fingerprint density at radius 1 is 1.00 bits per heavy atom. The summed E-state index contributed by atoms with van der Waals surface area (Å²) in [5.41, 5.74) is 1.19. The molecular formula is C22H33N3O2. The first-order valence-electron chi connectivity index (χ1n) is 10.7. The summed E-state index contributed by atoms with van der Waals surface area (Å²) in [4.78, 5) is 19.8. The van der Waals surface area contributed by atoms with E-state index in [-0.39, 0.29) is 0 Å². The summed E-state index contributed by atoms with van der Waals surface area (Å²) in [7, 11) is 0. The third-order valence-electron chi connectivity index (χ3n) is 6.55. The van der Waals surface area contributed by atoms with Gasteiger partial charge in [-0.1, -0.05) is 30.3 Å². The molecule has 0 radical (unpaired) electrons. The lowest BCUT2D eigenvalue weighted by Crippen LogP contribution is -2.61. The summed E-state index contributed by atoms with van der Waals surface area (Å²) in [6.45, 7) is 9.01. The van der Waals surface area contributed by atoms with E-state index in [4.69, 9.17) is 4.74 Å². The van der Waals surface area contributed by atoms with Crippen molar-refractivity contribution in [1.82, 2.24) is 14.7 Å². The lowest BCUT2D eigenvalue weighted by Gasteiger charge is -2.51. The molecule has 4 aliphatic heterocycles. The van der Waals surface area contributed by atoms with E-state index in [2.05, 4.69) is 26.8 Å². The smallest absolute Gasteiger partial charge is 0.222 e. The Kier molecular flexibility index (Phi) is 6.43. The summed E-state index contributed by atoms with van der Waals surface area (Å²) in [6, 6.07) is 10.9. The number of piperidine rings is 3. The van der Waals surface area contributed by atoms with Gasteiger partial charge in [0, 0.05) is 51.8 Å². The number of ether oxygens (including phenoxy) is 1. The van der Waals surface area contributed by atoms with Crippen LogP contribution in [0.15, 0.2) is 30.3 Å². The predicted molar refractivity (Wildman–Crippen MR) is 106 cm³/mol. The van der Waals surface area contributed by atoms with Crippen LogP contribution in [-0.2, 0) is 16.1 Å². The van der Waals surface area contributed by atoms with Gasteiger partial charge in [0.25, 0.3) is 0 Å². The average Bonchev–Trinajstić information content (AvgIpc) is 2.75. The van der Waals surface area contributed by atoms with Gasteiger partial charge in [-0.25, -0.2) is 0 Å². The molecule has 148 valence electrons. The van der Waals surface area contributed by atoms with Gasteiger partial charge < -0.3 is 14.5 Å². The normalized spacial score (nSPS) is 28.4. The standard InChI is InChI=1S/C22H33N3O2/c26-22(7-4-16-27-18-19-5-2-1-3-6-19)25-14-12-24(13-15-25)21-17-23-10-8-20(21)9-11-23/h1-3,5-6,20-21H,4,7-18H2/t21-/m0/s1. The Balaban J connectivity index is 1.12. The fraction of sp³-hybridized carbons (Fsp3) is 0.682. The highest BCUT2D eigenvalue weighted by Gasteiger charge is 2.38. The van der Waals surface area contributed by atoms with Crippen LogP contribution in [0.3, 0.4) is 0 Å². The van der Waals surface area contributed by atoms with Crippen LogP contribution in [0, 0.1) is 5.92 Å². The molecule has 0 spiro atoms. The van der Waals surface area contributed by atoms with Crippen molar-refractivity contribution in [2.24, 2.45) is 5.92 Å². The number of nitrogens with zero attached hydrogens (tertiary/aromatic N) is 3. The highest BCUT2D eigenvalue weighted by molar-refractivity contribution is 5.76. The van der Waals surface area contributed by atoms with Gasteiger partial charge in [0.2, 0.25) is 5.91 Å². The van der Waals surface area contributed by atoms with Crippen LogP contribution in [0.1, 0.15) is 31.2 Å². The van der Waals surface area contributed by atoms with E-state index in [1.54, 1.807) is 0 Å². The average molecular weight is 372 g/mol. The molecule has 1 amide bonds. The minimum Gasteiger partial charge on any atom is -0.377 e. The van der Waals surface area contributed by atoms with Crippen LogP contribution >= 0.6 is 0 Å². The second-order valence-electron chi connectivity index (χ2n) is 8.26. The van der Waals surface area contributed by atoms with Crippen molar-refractivity contribution in [3.05, 3.63) is 35.9 Å². The van der Waals surface area contributed by atoms with Crippen LogP contribution in [0.25, 0.3) is 0 Å². The molecule has 1 aromatic rings. The molecule has 27 heavy (non-hydrogen) atoms. The van der Waals surface area contributed by atoms with Gasteiger partial charge >= 0.3 is 0 Å². The molecule has 0 unspecified atom stereocenters. The van der Waals surface area contributed by atoms with Crippen molar-refractivity contribution >= 4 is 5.91 Å². The highest BCUT2D eigenvalue weighted by atomic mass is 16.5. The molecule has 1 aromatic carbocycles. The van der Waals surface area contributed by atoms with Crippen molar-refractivity contribution in [3.8, 4) is 0 Å². The Bertz CT molecular complexity index is 593. The third kappa shape index (κ3) is 4.89. The molecule has 0 aliphatic carbocycles. The van der Waals surface area contributed by atoms with E-state index < -0.39 is 0 Å². The number of carbonyl (C=O) groups excluding carboxylic acids is 1. The lowest BCUT2D eigenvalue weighted by molar-refractivity contribution is -0.134. The molecule has 5 rings (SSSR count). The predicted octanol–water partition coefficient (Wildman–Crippen LogP) is 2.22. The second-order valence-corrected chi connectivity index (χ2v) is 8.26. The quantitative estimate of drug-likeness (QED) is 0.689. The van der Waals surface area contributed by atoms with Gasteiger partial charge in [-0.2, -0.15) is 0 Å². The van der Waals surface area contributed by atoms with E-state index in [1.807, 2.05) is 18.2 Å². The number of rotatable bonds is 7. The molecule has 4 heterocycles. The molecule has 0 aromatic heterocycles. The molecule has 4 fully saturated rings. The number of hydrogen-bond donors (Lipinski definition) is 0. The van der Waals surface area contributed by atoms with Crippen molar-refractivity contribution in [2.45, 2.75) is 38.3 Å². The van der Waals surface area contributed by atoms with E-state index in [0.717, 1.165) is 44.6 Å². The van der Waals surface area contributed by atoms with Gasteiger partial charge in [-0.15, -0.1) is 0 Å².